The Hall–Kier alpha value is -0.0800. The fourth-order valence-electron chi connectivity index (χ4n) is 3.32. The van der Waals surface area contributed by atoms with Gasteiger partial charge in [-0.15, -0.1) is 0 Å². The molecule has 1 saturated carbocycles. The van der Waals surface area contributed by atoms with Gasteiger partial charge in [-0.1, -0.05) is 6.42 Å². The van der Waals surface area contributed by atoms with Gasteiger partial charge in [0.05, 0.1) is 13.2 Å². The van der Waals surface area contributed by atoms with Gasteiger partial charge in [0.2, 0.25) is 0 Å². The fraction of sp³-hybridized carbons (Fsp3) is 0.889. The Morgan fingerprint density at radius 2 is 2.36 bits per heavy atom. The van der Waals surface area contributed by atoms with E-state index in [1.807, 2.05) is 0 Å². The van der Waals surface area contributed by atoms with Gasteiger partial charge in [-0.25, -0.2) is 0 Å². The third-order valence-electron chi connectivity index (χ3n) is 3.89. The minimum Gasteiger partial charge on any atom is -0.451 e. The van der Waals surface area contributed by atoms with Crippen LogP contribution in [0.25, 0.3) is 0 Å². The molecule has 1 spiro atoms. The van der Waals surface area contributed by atoms with E-state index in [1.54, 1.807) is 0 Å². The van der Waals surface area contributed by atoms with Crippen molar-refractivity contribution in [3.05, 3.63) is 7.05 Å². The van der Waals surface area contributed by atoms with Gasteiger partial charge in [-0.3, -0.25) is 7.05 Å². The first-order chi connectivity index (χ1) is 5.34. The Bertz CT molecular complexity index is 172. The number of hydrogen-bond donors (Lipinski definition) is 0. The number of ether oxygens (including phenoxy) is 1. The van der Waals surface area contributed by atoms with Crippen molar-refractivity contribution in [1.29, 1.82) is 0 Å². The van der Waals surface area contributed by atoms with Crippen LogP contribution in [0, 0.1) is 12.5 Å². The predicted octanol–water partition coefficient (Wildman–Crippen LogP) is 1.03. The van der Waals surface area contributed by atoms with Gasteiger partial charge in [-0.2, -0.15) is 0 Å². The molecule has 3 unspecified atom stereocenters. The molecular formula is C9H14NO-. The average Bonchev–Trinajstić information content (AvgIpc) is 2.56. The molecule has 2 nitrogen and oxygen atoms in total. The molecular weight excluding hydrogens is 138 g/mol. The van der Waals surface area contributed by atoms with Crippen LogP contribution >= 0.6 is 0 Å². The molecule has 0 aromatic heterocycles. The molecule has 11 heavy (non-hydrogen) atoms. The van der Waals surface area contributed by atoms with Crippen LogP contribution in [-0.2, 0) is 4.74 Å². The summed E-state index contributed by atoms with van der Waals surface area (Å²) in [5, 5.41) is 0. The molecule has 0 radical (unpaired) electrons. The minimum atomic E-state index is 0.557. The van der Waals surface area contributed by atoms with Gasteiger partial charge in [-0.05, 0) is 18.9 Å². The van der Waals surface area contributed by atoms with Gasteiger partial charge in [0.25, 0.3) is 0 Å². The van der Waals surface area contributed by atoms with Crippen molar-refractivity contribution < 1.29 is 4.74 Å². The SMILES string of the molecule is [CH2-]N1C2CCCC23COCC13. The van der Waals surface area contributed by atoms with Crippen LogP contribution in [0.3, 0.4) is 0 Å². The molecule has 0 amide bonds. The summed E-state index contributed by atoms with van der Waals surface area (Å²) in [6.07, 6.45) is 4.12. The zero-order chi connectivity index (χ0) is 7.47. The molecule has 3 aliphatic rings. The van der Waals surface area contributed by atoms with Crippen molar-refractivity contribution in [2.75, 3.05) is 13.2 Å². The molecule has 62 valence electrons. The lowest BCUT2D eigenvalue weighted by Gasteiger charge is -2.61. The zero-order valence-electron chi connectivity index (χ0n) is 6.75. The molecule has 1 aliphatic carbocycles. The van der Waals surface area contributed by atoms with E-state index in [4.69, 9.17) is 4.74 Å². The van der Waals surface area contributed by atoms with Gasteiger partial charge in [0.1, 0.15) is 0 Å². The van der Waals surface area contributed by atoms with E-state index in [1.165, 1.54) is 19.3 Å². The van der Waals surface area contributed by atoms with Crippen LogP contribution in [0.4, 0.5) is 0 Å². The molecule has 0 N–H and O–H groups in total. The van der Waals surface area contributed by atoms with Crippen molar-refractivity contribution in [2.45, 2.75) is 31.3 Å². The third kappa shape index (κ3) is 0.541. The summed E-state index contributed by atoms with van der Waals surface area (Å²) in [7, 11) is 4.08. The molecule has 2 aliphatic heterocycles. The molecule has 2 heteroatoms. The molecule has 3 fully saturated rings. The highest BCUT2D eigenvalue weighted by molar-refractivity contribution is 5.16. The summed E-state index contributed by atoms with van der Waals surface area (Å²) in [6.45, 7) is 1.94. The summed E-state index contributed by atoms with van der Waals surface area (Å²) in [5.74, 6) is 0. The molecule has 0 aromatic rings. The maximum atomic E-state index is 5.52. The van der Waals surface area contributed by atoms with Gasteiger partial charge in [0.15, 0.2) is 0 Å². The Balaban J connectivity index is 1.95. The maximum Gasteiger partial charge on any atom is 0.0605 e. The van der Waals surface area contributed by atoms with Crippen molar-refractivity contribution in [1.82, 2.24) is 4.90 Å². The van der Waals surface area contributed by atoms with Crippen molar-refractivity contribution in [2.24, 2.45) is 5.41 Å². The third-order valence-corrected chi connectivity index (χ3v) is 3.89. The molecule has 2 heterocycles. The number of likely N-dealkylation sites (tertiary alicyclic amines) is 1. The van der Waals surface area contributed by atoms with E-state index in [2.05, 4.69) is 11.9 Å². The second-order valence-electron chi connectivity index (χ2n) is 4.19. The van der Waals surface area contributed by atoms with Crippen molar-refractivity contribution in [3.63, 3.8) is 0 Å². The quantitative estimate of drug-likeness (QED) is 0.481. The smallest absolute Gasteiger partial charge is 0.0605 e. The van der Waals surface area contributed by atoms with Gasteiger partial charge in [0, 0.05) is 11.5 Å². The van der Waals surface area contributed by atoms with E-state index >= 15 is 0 Å². The van der Waals surface area contributed by atoms with Crippen LogP contribution < -0.4 is 0 Å². The number of nitrogens with zero attached hydrogens (tertiary/aromatic N) is 1. The minimum absolute atomic E-state index is 0.557. The second kappa shape index (κ2) is 1.80. The topological polar surface area (TPSA) is 12.5 Å². The lowest BCUT2D eigenvalue weighted by molar-refractivity contribution is -0.0534. The van der Waals surface area contributed by atoms with E-state index in [-0.39, 0.29) is 0 Å². The molecule has 2 saturated heterocycles. The highest BCUT2D eigenvalue weighted by Crippen LogP contribution is 2.56. The van der Waals surface area contributed by atoms with E-state index in [0.29, 0.717) is 11.5 Å². The first kappa shape index (κ1) is 6.44. The number of rotatable bonds is 0. The molecule has 3 atom stereocenters. The van der Waals surface area contributed by atoms with Crippen LogP contribution in [-0.4, -0.2) is 30.2 Å². The monoisotopic (exact) mass is 152 g/mol. The molecule has 0 aromatic carbocycles. The normalized spacial score (nSPS) is 55.4. The summed E-state index contributed by atoms with van der Waals surface area (Å²) in [4.78, 5) is 2.28. The summed E-state index contributed by atoms with van der Waals surface area (Å²) >= 11 is 0. The van der Waals surface area contributed by atoms with Gasteiger partial charge < -0.3 is 9.64 Å². The first-order valence-electron chi connectivity index (χ1n) is 4.51. The van der Waals surface area contributed by atoms with Gasteiger partial charge >= 0.3 is 0 Å². The van der Waals surface area contributed by atoms with Crippen LogP contribution in [0.2, 0.25) is 0 Å². The van der Waals surface area contributed by atoms with E-state index in [9.17, 15) is 0 Å². The Morgan fingerprint density at radius 1 is 1.45 bits per heavy atom. The van der Waals surface area contributed by atoms with E-state index < -0.39 is 0 Å². The lowest BCUT2D eigenvalue weighted by atomic mass is 9.69. The standard InChI is InChI=1S/C9H14NO/c1-10-7-3-2-4-9(7)6-11-5-8(9)10/h7-8H,1-6H2/q-1. The van der Waals surface area contributed by atoms with Crippen LogP contribution in [0.5, 0.6) is 0 Å². The van der Waals surface area contributed by atoms with E-state index in [0.717, 1.165) is 19.3 Å². The Labute approximate surface area is 67.5 Å². The van der Waals surface area contributed by atoms with Crippen LogP contribution in [0.15, 0.2) is 0 Å². The summed E-state index contributed by atoms with van der Waals surface area (Å²) in [6, 6.07) is 1.42. The largest absolute Gasteiger partial charge is 0.451 e. The molecule has 3 rings (SSSR count). The second-order valence-corrected chi connectivity index (χ2v) is 4.19. The van der Waals surface area contributed by atoms with Crippen molar-refractivity contribution >= 4 is 0 Å². The first-order valence-corrected chi connectivity index (χ1v) is 4.51. The number of hydrogen-bond acceptors (Lipinski definition) is 2. The maximum absolute atomic E-state index is 5.52. The summed E-state index contributed by atoms with van der Waals surface area (Å²) < 4.78 is 5.52. The molecule has 0 bridgehead atoms. The zero-order valence-corrected chi connectivity index (χ0v) is 6.75. The van der Waals surface area contributed by atoms with Crippen LogP contribution in [0.1, 0.15) is 19.3 Å². The average molecular weight is 152 g/mol. The van der Waals surface area contributed by atoms with Crippen molar-refractivity contribution in [3.8, 4) is 0 Å². The fourth-order valence-corrected chi connectivity index (χ4v) is 3.32. The highest BCUT2D eigenvalue weighted by Gasteiger charge is 2.60. The Kier molecular flexibility index (Phi) is 1.06. The highest BCUT2D eigenvalue weighted by atomic mass is 16.5. The Morgan fingerprint density at radius 3 is 3.27 bits per heavy atom. The summed E-state index contributed by atoms with van der Waals surface area (Å²) in [5.41, 5.74) is 0.557. The lowest BCUT2D eigenvalue weighted by Crippen LogP contribution is -2.66. The predicted molar refractivity (Wildman–Crippen MR) is 41.9 cm³/mol.